The molecule has 0 aliphatic carbocycles. The van der Waals surface area contributed by atoms with Gasteiger partial charge >= 0.3 is 143 Å². The zero-order chi connectivity index (χ0) is 63.4. The molecule has 0 spiro atoms. The Balaban J connectivity index is 8.74. The summed E-state index contributed by atoms with van der Waals surface area (Å²) in [5.74, 6) is -221. The van der Waals surface area contributed by atoms with Gasteiger partial charge in [0.1, 0.15) is 0 Å². The van der Waals surface area contributed by atoms with Gasteiger partial charge in [0.15, 0.2) is 0 Å². The third-order valence-electron chi connectivity index (χ3n) is 9.20. The zero-order valence-corrected chi connectivity index (χ0v) is 32.8. The van der Waals surface area contributed by atoms with Gasteiger partial charge in [0.2, 0.25) is 0 Å². The summed E-state index contributed by atoms with van der Waals surface area (Å²) in [6.07, 6.45) is -17.2. The van der Waals surface area contributed by atoms with Gasteiger partial charge in [-0.2, -0.15) is 206 Å². The molecule has 0 aromatic rings. The molecule has 0 unspecified atom stereocenters. The van der Waals surface area contributed by atoms with Crippen LogP contribution in [0.3, 0.4) is 0 Å². The molecule has 0 heterocycles. The molecule has 0 aromatic carbocycles. The predicted octanol–water partition coefficient (Wildman–Crippen LogP) is 15.6. The van der Waals surface area contributed by atoms with Crippen LogP contribution in [-0.4, -0.2) is 143 Å². The van der Waals surface area contributed by atoms with Gasteiger partial charge in [-0.05, 0) is 6.92 Å². The molecular formula is C27H5F47O2. The Morgan fingerprint density at radius 1 is 0.224 bits per heavy atom. The van der Waals surface area contributed by atoms with Gasteiger partial charge in [-0.25, -0.2) is 4.79 Å². The van der Waals surface area contributed by atoms with E-state index in [0.717, 1.165) is 0 Å². The molecule has 0 rings (SSSR count). The predicted molar refractivity (Wildman–Crippen MR) is 136 cm³/mol. The molecule has 0 saturated carbocycles. The van der Waals surface area contributed by atoms with Crippen molar-refractivity contribution in [3.63, 3.8) is 0 Å². The summed E-state index contributed by atoms with van der Waals surface area (Å²) in [7, 11) is 0. The number of hydrogen-bond donors (Lipinski definition) is 0. The quantitative estimate of drug-likeness (QED) is 0.0613. The van der Waals surface area contributed by atoms with Crippen LogP contribution in [0.5, 0.6) is 0 Å². The second-order valence-corrected chi connectivity index (χ2v) is 14.2. The fourth-order valence-corrected chi connectivity index (χ4v) is 4.45. The van der Waals surface area contributed by atoms with Crippen LogP contribution in [0.4, 0.5) is 206 Å². The third-order valence-corrected chi connectivity index (χ3v) is 9.20. The standard InChI is InChI=1S/C27H5F47O2/c1-3(2)4(75)76-25(68,21(60,61)17(52,53)13(44,45)9(36,37)5(28,29)7(32,33)11(40,41)15(48,49)19(56,57)23(64,65)26(69,70)71)22(62,63)18(54,55)14(46,47)10(38,39)6(30,31)8(34,35)12(42,43)16(50,51)20(58,59)24(66,67)27(72,73)74/h1H2,2H3. The highest BCUT2D eigenvalue weighted by molar-refractivity contribution is 5.87. The number of rotatable bonds is 22. The van der Waals surface area contributed by atoms with E-state index in [9.17, 15) is 207 Å². The van der Waals surface area contributed by atoms with Crippen molar-refractivity contribution in [3.8, 4) is 0 Å². The SMILES string of the molecule is C=C(C)C(=O)OC(F)(C(F)(F)C(F)(F)C(F)(F)C(F)(F)C(F)(F)C(F)(F)C(F)(F)C(F)(F)C(F)(F)C(F)(F)C(F)(F)F)C(F)(F)C(F)(F)C(F)(F)C(F)(F)C(F)(F)C(F)(F)C(F)(F)C(F)(F)C(F)(F)C(F)(F)C(F)(F)F. The summed E-state index contributed by atoms with van der Waals surface area (Å²) in [4.78, 5) is 11.5. The summed E-state index contributed by atoms with van der Waals surface area (Å²) in [5.41, 5.74) is -2.75. The Kier molecular flexibility index (Phi) is 16.5. The van der Waals surface area contributed by atoms with Gasteiger partial charge < -0.3 is 4.74 Å². The highest BCUT2D eigenvalue weighted by atomic mass is 19.5. The van der Waals surface area contributed by atoms with E-state index < -0.39 is 155 Å². The number of esters is 1. The first kappa shape index (κ1) is 71.9. The minimum absolute atomic E-state index is 0.708. The highest BCUT2D eigenvalue weighted by Gasteiger charge is 3.04. The average Bonchev–Trinajstić information content (AvgIpc) is 3.18. The lowest BCUT2D eigenvalue weighted by atomic mass is 9.81. The summed E-state index contributed by atoms with van der Waals surface area (Å²) in [6, 6.07) is 0. The van der Waals surface area contributed by atoms with Crippen LogP contribution in [0.25, 0.3) is 0 Å². The maximum atomic E-state index is 15.5. The fraction of sp³-hybridized carbons (Fsp3) is 0.889. The molecule has 0 radical (unpaired) electrons. The molecular weight excluding hydrogens is 1250 g/mol. The fourth-order valence-electron chi connectivity index (χ4n) is 4.45. The topological polar surface area (TPSA) is 26.3 Å². The second-order valence-electron chi connectivity index (χ2n) is 14.2. The molecule has 76 heavy (non-hydrogen) atoms. The molecule has 0 bridgehead atoms. The lowest BCUT2D eigenvalue weighted by molar-refractivity contribution is -0.504. The Bertz CT molecular complexity index is 2030. The molecule has 0 amide bonds. The van der Waals surface area contributed by atoms with Crippen molar-refractivity contribution in [3.05, 3.63) is 12.2 Å². The number of hydrogen-bond acceptors (Lipinski definition) is 2. The van der Waals surface area contributed by atoms with Crippen molar-refractivity contribution < 1.29 is 216 Å². The van der Waals surface area contributed by atoms with Gasteiger partial charge in [0.05, 0.1) is 0 Å². The van der Waals surface area contributed by atoms with Crippen LogP contribution in [0.15, 0.2) is 12.2 Å². The van der Waals surface area contributed by atoms with E-state index in [1.165, 1.54) is 4.74 Å². The van der Waals surface area contributed by atoms with E-state index in [0.29, 0.717) is 0 Å². The number of ether oxygens (including phenoxy) is 1. The van der Waals surface area contributed by atoms with Crippen molar-refractivity contribution in [1.82, 2.24) is 0 Å². The number of alkyl halides is 47. The average molecular weight is 1250 g/mol. The van der Waals surface area contributed by atoms with E-state index in [4.69, 9.17) is 0 Å². The van der Waals surface area contributed by atoms with E-state index in [-0.39, 0.29) is 0 Å². The Morgan fingerprint density at radius 2 is 0.329 bits per heavy atom. The van der Waals surface area contributed by atoms with Crippen molar-refractivity contribution in [2.45, 2.75) is 144 Å². The van der Waals surface area contributed by atoms with Gasteiger partial charge in [0, 0.05) is 5.57 Å². The molecule has 0 aliphatic rings. The number of carbonyl (C=O) groups is 1. The van der Waals surface area contributed by atoms with E-state index in [2.05, 4.69) is 0 Å². The number of halogens is 47. The van der Waals surface area contributed by atoms with Crippen LogP contribution in [-0.2, 0) is 9.53 Å². The van der Waals surface area contributed by atoms with Crippen molar-refractivity contribution >= 4 is 5.97 Å². The first-order chi connectivity index (χ1) is 31.8. The van der Waals surface area contributed by atoms with Gasteiger partial charge in [-0.15, -0.1) is 0 Å². The zero-order valence-electron chi connectivity index (χ0n) is 32.8. The van der Waals surface area contributed by atoms with Gasteiger partial charge in [-0.3, -0.25) is 0 Å². The lowest BCUT2D eigenvalue weighted by Crippen LogP contribution is -2.82. The largest absolute Gasteiger partial charge is 0.460 e. The van der Waals surface area contributed by atoms with Crippen LogP contribution in [0.2, 0.25) is 0 Å². The van der Waals surface area contributed by atoms with Gasteiger partial charge in [-0.1, -0.05) is 6.58 Å². The molecule has 0 N–H and O–H groups in total. The normalized spacial score (nSPS) is 17.1. The monoisotopic (exact) mass is 1250 g/mol. The molecule has 454 valence electrons. The van der Waals surface area contributed by atoms with Crippen LogP contribution in [0, 0.1) is 0 Å². The molecule has 0 aromatic heterocycles. The minimum atomic E-state index is -10.8. The summed E-state index contributed by atoms with van der Waals surface area (Å²) < 4.78 is 652. The Morgan fingerprint density at radius 3 is 0.434 bits per heavy atom. The molecule has 0 aliphatic heterocycles. The van der Waals surface area contributed by atoms with Crippen molar-refractivity contribution in [2.75, 3.05) is 0 Å². The number of carbonyl (C=O) groups excluding carboxylic acids is 1. The first-order valence-electron chi connectivity index (χ1n) is 16.1. The maximum Gasteiger partial charge on any atom is 0.460 e. The van der Waals surface area contributed by atoms with E-state index in [1.807, 2.05) is 0 Å². The van der Waals surface area contributed by atoms with Crippen molar-refractivity contribution in [2.24, 2.45) is 0 Å². The van der Waals surface area contributed by atoms with Crippen LogP contribution < -0.4 is 0 Å². The second kappa shape index (κ2) is 17.5. The molecule has 0 atom stereocenters. The molecule has 0 saturated heterocycles. The highest BCUT2D eigenvalue weighted by Crippen LogP contribution is 2.72. The van der Waals surface area contributed by atoms with Crippen LogP contribution in [0.1, 0.15) is 6.92 Å². The summed E-state index contributed by atoms with van der Waals surface area (Å²) in [6.45, 7) is 0.994. The van der Waals surface area contributed by atoms with E-state index in [1.54, 1.807) is 6.58 Å². The summed E-state index contributed by atoms with van der Waals surface area (Å²) in [5, 5.41) is 0. The Labute approximate surface area is 379 Å². The van der Waals surface area contributed by atoms with Gasteiger partial charge in [0.25, 0.3) is 0 Å². The first-order valence-corrected chi connectivity index (χ1v) is 16.1. The lowest BCUT2D eigenvalue weighted by Gasteiger charge is -2.49. The molecule has 2 nitrogen and oxygen atoms in total. The molecule has 0 fully saturated rings. The van der Waals surface area contributed by atoms with E-state index >= 15 is 4.39 Å². The maximum absolute atomic E-state index is 15.5. The summed E-state index contributed by atoms with van der Waals surface area (Å²) >= 11 is 0. The molecule has 49 heteroatoms. The van der Waals surface area contributed by atoms with Crippen molar-refractivity contribution in [1.29, 1.82) is 0 Å². The smallest absolute Gasteiger partial charge is 0.413 e. The Hall–Kier alpha value is -4.08. The third kappa shape index (κ3) is 8.07. The minimum Gasteiger partial charge on any atom is -0.413 e. The van der Waals surface area contributed by atoms with Crippen LogP contribution >= 0.6 is 0 Å².